The highest BCUT2D eigenvalue weighted by atomic mass is 32.2. The summed E-state index contributed by atoms with van der Waals surface area (Å²) in [6, 6.07) is 0. The maximum absolute atomic E-state index is 13.3. The molecule has 0 heterocycles. The smallest absolute Gasteiger partial charge is 0.432 e. The van der Waals surface area contributed by atoms with Crippen molar-refractivity contribution >= 4 is 16.1 Å². The maximum Gasteiger partial charge on any atom is 0.432 e. The van der Waals surface area contributed by atoms with Crippen LogP contribution in [0.3, 0.4) is 0 Å². The Hall–Kier alpha value is -0.970. The van der Waals surface area contributed by atoms with Gasteiger partial charge in [-0.05, 0) is 6.42 Å². The van der Waals surface area contributed by atoms with Gasteiger partial charge in [-0.25, -0.2) is 0 Å². The molecule has 0 radical (unpaired) electrons. The molecule has 0 saturated heterocycles. The molecule has 31 heavy (non-hydrogen) atoms. The van der Waals surface area contributed by atoms with Crippen molar-refractivity contribution in [1.82, 2.24) is 0 Å². The molecule has 0 aromatic heterocycles. The first-order valence-corrected chi connectivity index (χ1v) is 12.4. The molecule has 0 aromatic rings. The Morgan fingerprint density at radius 1 is 0.774 bits per heavy atom. The quantitative estimate of drug-likeness (QED) is 0.100. The van der Waals surface area contributed by atoms with Gasteiger partial charge in [-0.15, -0.1) is 0 Å². The van der Waals surface area contributed by atoms with Gasteiger partial charge in [-0.1, -0.05) is 90.4 Å². The van der Waals surface area contributed by atoms with E-state index in [2.05, 4.69) is 11.7 Å². The maximum atomic E-state index is 13.3. The van der Waals surface area contributed by atoms with Crippen LogP contribution >= 0.6 is 0 Å². The zero-order valence-corrected chi connectivity index (χ0v) is 18.9. The molecule has 0 saturated carbocycles. The molecule has 0 fully saturated rings. The monoisotopic (exact) mass is 482 g/mol. The summed E-state index contributed by atoms with van der Waals surface area (Å²) in [6.45, 7) is 2.18. The highest BCUT2D eigenvalue weighted by Gasteiger charge is 2.65. The van der Waals surface area contributed by atoms with Gasteiger partial charge in [0.1, 0.15) is 0 Å². The molecule has 1 atom stereocenters. The molecule has 1 N–H and O–H groups in total. The van der Waals surface area contributed by atoms with E-state index in [1.807, 2.05) is 0 Å². The van der Waals surface area contributed by atoms with Gasteiger partial charge in [0.2, 0.25) is 0 Å². The van der Waals surface area contributed by atoms with Gasteiger partial charge in [0.05, 0.1) is 0 Å². The van der Waals surface area contributed by atoms with E-state index in [4.69, 9.17) is 4.55 Å². The Labute approximate surface area is 181 Å². The van der Waals surface area contributed by atoms with Crippen LogP contribution in [0.2, 0.25) is 0 Å². The summed E-state index contributed by atoms with van der Waals surface area (Å²) < 4.78 is 97.8. The predicted octanol–water partition coefficient (Wildman–Crippen LogP) is 6.81. The second-order valence-corrected chi connectivity index (χ2v) is 9.29. The number of carbonyl (C=O) groups excluding carboxylic acids is 1. The summed E-state index contributed by atoms with van der Waals surface area (Å²) in [7, 11) is -6.41. The third-order valence-electron chi connectivity index (χ3n) is 4.93. The number of esters is 1. The Morgan fingerprint density at radius 3 is 1.45 bits per heavy atom. The second-order valence-electron chi connectivity index (χ2n) is 7.79. The summed E-state index contributed by atoms with van der Waals surface area (Å²) in [5.41, 5.74) is 0. The lowest BCUT2D eigenvalue weighted by atomic mass is 10.0. The average Bonchev–Trinajstić information content (AvgIpc) is 2.64. The van der Waals surface area contributed by atoms with Gasteiger partial charge in [0.25, 0.3) is 6.10 Å². The van der Waals surface area contributed by atoms with E-state index in [0.717, 1.165) is 32.1 Å². The molecular formula is C20H35F5O5S. The molecule has 1 unspecified atom stereocenters. The van der Waals surface area contributed by atoms with Crippen molar-refractivity contribution in [1.29, 1.82) is 0 Å². The van der Waals surface area contributed by atoms with E-state index < -0.39 is 40.0 Å². The van der Waals surface area contributed by atoms with Crippen LogP contribution in [0.5, 0.6) is 0 Å². The van der Waals surface area contributed by atoms with E-state index in [1.54, 1.807) is 0 Å². The first kappa shape index (κ1) is 30.0. The molecule has 0 spiro atoms. The van der Waals surface area contributed by atoms with Crippen LogP contribution in [-0.4, -0.2) is 36.5 Å². The molecule has 0 rings (SSSR count). The minimum Gasteiger partial charge on any atom is -0.445 e. The number of unbranched alkanes of at least 4 members (excludes halogenated alkanes) is 13. The Morgan fingerprint density at radius 2 is 1.13 bits per heavy atom. The summed E-state index contributed by atoms with van der Waals surface area (Å²) in [5.74, 6) is -1.59. The van der Waals surface area contributed by atoms with Gasteiger partial charge >= 0.3 is 27.5 Å². The van der Waals surface area contributed by atoms with E-state index in [9.17, 15) is 35.2 Å². The molecule has 186 valence electrons. The van der Waals surface area contributed by atoms with Crippen molar-refractivity contribution in [3.63, 3.8) is 0 Å². The van der Waals surface area contributed by atoms with Crippen LogP contribution < -0.4 is 0 Å². The fraction of sp³-hybridized carbons (Fsp3) is 0.950. The highest BCUT2D eigenvalue weighted by Crippen LogP contribution is 2.38. The van der Waals surface area contributed by atoms with Gasteiger partial charge in [-0.2, -0.15) is 30.4 Å². The molecule has 0 bridgehead atoms. The fourth-order valence-electron chi connectivity index (χ4n) is 3.12. The lowest BCUT2D eigenvalue weighted by molar-refractivity contribution is -0.259. The summed E-state index contributed by atoms with van der Waals surface area (Å²) in [6.07, 6.45) is 3.70. The molecule has 0 aliphatic heterocycles. The van der Waals surface area contributed by atoms with Crippen LogP contribution in [-0.2, 0) is 19.6 Å². The Balaban J connectivity index is 3.94. The molecule has 0 aliphatic rings. The first-order chi connectivity index (χ1) is 14.3. The number of ether oxygens (including phenoxy) is 1. The SMILES string of the molecule is CCCCCCCCCCCCCCCCC(=O)OC(C(F)(F)F)C(F)(F)S(=O)(=O)O. The van der Waals surface area contributed by atoms with E-state index in [-0.39, 0.29) is 6.42 Å². The minimum atomic E-state index is -6.41. The summed E-state index contributed by atoms with van der Waals surface area (Å²) in [4.78, 5) is 11.5. The van der Waals surface area contributed by atoms with Crippen LogP contribution in [0.15, 0.2) is 0 Å². The number of carbonyl (C=O) groups is 1. The summed E-state index contributed by atoms with van der Waals surface area (Å²) in [5, 5.41) is -5.68. The van der Waals surface area contributed by atoms with E-state index in [1.165, 1.54) is 44.9 Å². The Kier molecular flexibility index (Phi) is 14.5. The van der Waals surface area contributed by atoms with Crippen LogP contribution in [0.25, 0.3) is 0 Å². The van der Waals surface area contributed by atoms with E-state index >= 15 is 0 Å². The predicted molar refractivity (Wildman–Crippen MR) is 107 cm³/mol. The zero-order valence-electron chi connectivity index (χ0n) is 18.1. The Bertz CT molecular complexity index is 593. The van der Waals surface area contributed by atoms with Gasteiger partial charge in [0.15, 0.2) is 0 Å². The minimum absolute atomic E-state index is 0.138. The van der Waals surface area contributed by atoms with Crippen molar-refractivity contribution in [2.75, 3.05) is 0 Å². The number of hydrogen-bond acceptors (Lipinski definition) is 4. The van der Waals surface area contributed by atoms with Crippen molar-refractivity contribution in [2.45, 2.75) is 121 Å². The lowest BCUT2D eigenvalue weighted by Crippen LogP contribution is -2.52. The van der Waals surface area contributed by atoms with Crippen molar-refractivity contribution in [3.8, 4) is 0 Å². The normalized spacial score (nSPS) is 13.9. The van der Waals surface area contributed by atoms with Crippen molar-refractivity contribution in [2.24, 2.45) is 0 Å². The van der Waals surface area contributed by atoms with Gasteiger partial charge in [0, 0.05) is 6.42 Å². The topological polar surface area (TPSA) is 80.7 Å². The standard InChI is InChI=1S/C20H35F5O5S/c1-2-3-4-5-6-7-8-9-10-11-12-13-14-15-16-17(26)30-18(19(21,22)23)20(24,25)31(27,28)29/h18H,2-16H2,1H3,(H,27,28,29). The largest absolute Gasteiger partial charge is 0.445 e. The second kappa shape index (κ2) is 15.0. The lowest BCUT2D eigenvalue weighted by Gasteiger charge is -2.26. The average molecular weight is 483 g/mol. The first-order valence-electron chi connectivity index (χ1n) is 10.9. The molecule has 0 aromatic carbocycles. The molecule has 11 heteroatoms. The molecule has 0 amide bonds. The molecule has 5 nitrogen and oxygen atoms in total. The van der Waals surface area contributed by atoms with Crippen LogP contribution in [0, 0.1) is 0 Å². The zero-order chi connectivity index (χ0) is 24.0. The highest BCUT2D eigenvalue weighted by molar-refractivity contribution is 7.86. The number of alkyl halides is 5. The molecule has 0 aliphatic carbocycles. The summed E-state index contributed by atoms with van der Waals surface area (Å²) >= 11 is 0. The molecular weight excluding hydrogens is 447 g/mol. The van der Waals surface area contributed by atoms with Crippen LogP contribution in [0.4, 0.5) is 22.0 Å². The number of rotatable bonds is 18. The third-order valence-corrected chi connectivity index (χ3v) is 5.83. The fourth-order valence-corrected chi connectivity index (χ4v) is 3.57. The number of halogens is 5. The van der Waals surface area contributed by atoms with E-state index in [0.29, 0.717) is 6.42 Å². The van der Waals surface area contributed by atoms with Crippen molar-refractivity contribution < 1.29 is 44.5 Å². The van der Waals surface area contributed by atoms with Crippen molar-refractivity contribution in [3.05, 3.63) is 0 Å². The van der Waals surface area contributed by atoms with Crippen LogP contribution in [0.1, 0.15) is 103 Å². The van der Waals surface area contributed by atoms with Gasteiger partial charge < -0.3 is 4.74 Å². The van der Waals surface area contributed by atoms with Gasteiger partial charge in [-0.3, -0.25) is 9.35 Å². The third kappa shape index (κ3) is 13.2. The number of hydrogen-bond donors (Lipinski definition) is 1.